The lowest BCUT2D eigenvalue weighted by molar-refractivity contribution is 0.392. The molecular formula is C9H9ClN4O3S. The van der Waals surface area contributed by atoms with E-state index < -0.39 is 10.0 Å². The third-order valence-corrected chi connectivity index (χ3v) is 3.38. The summed E-state index contributed by atoms with van der Waals surface area (Å²) in [6, 6.07) is 1.54. The van der Waals surface area contributed by atoms with Gasteiger partial charge in [-0.05, 0) is 6.92 Å². The Morgan fingerprint density at radius 2 is 2.11 bits per heavy atom. The Morgan fingerprint density at radius 1 is 1.39 bits per heavy atom. The second-order valence-corrected chi connectivity index (χ2v) is 5.57. The van der Waals surface area contributed by atoms with Crippen molar-refractivity contribution < 1.29 is 12.9 Å². The average Bonchev–Trinajstić information content (AvgIpc) is 2.66. The van der Waals surface area contributed by atoms with Crippen molar-refractivity contribution in [3.8, 4) is 0 Å². The number of nitrogens with one attached hydrogen (secondary N) is 1. The molecule has 0 bridgehead atoms. The van der Waals surface area contributed by atoms with E-state index in [1.54, 1.807) is 6.92 Å². The van der Waals surface area contributed by atoms with Crippen LogP contribution in [0, 0.1) is 6.92 Å². The predicted molar refractivity (Wildman–Crippen MR) is 64.5 cm³/mol. The first-order valence-electron chi connectivity index (χ1n) is 4.85. The van der Waals surface area contributed by atoms with Crippen LogP contribution in [-0.2, 0) is 15.8 Å². The highest BCUT2D eigenvalue weighted by atomic mass is 35.5. The summed E-state index contributed by atoms with van der Waals surface area (Å²) in [5.41, 5.74) is 0.306. The Balaban J connectivity index is 2.15. The Kier molecular flexibility index (Phi) is 3.48. The molecule has 0 aliphatic rings. The summed E-state index contributed by atoms with van der Waals surface area (Å²) in [7, 11) is -3.66. The lowest BCUT2D eigenvalue weighted by Crippen LogP contribution is -2.16. The summed E-state index contributed by atoms with van der Waals surface area (Å²) >= 11 is 5.70. The molecule has 2 rings (SSSR count). The van der Waals surface area contributed by atoms with Crippen LogP contribution in [0.15, 0.2) is 23.0 Å². The maximum atomic E-state index is 11.8. The van der Waals surface area contributed by atoms with Crippen molar-refractivity contribution >= 4 is 27.4 Å². The van der Waals surface area contributed by atoms with Crippen molar-refractivity contribution in [2.45, 2.75) is 12.7 Å². The summed E-state index contributed by atoms with van der Waals surface area (Å²) in [6.07, 6.45) is 2.70. The van der Waals surface area contributed by atoms with Gasteiger partial charge in [-0.3, -0.25) is 4.72 Å². The predicted octanol–water partition coefficient (Wildman–Crippen LogP) is 1.37. The van der Waals surface area contributed by atoms with Crippen LogP contribution in [0.5, 0.6) is 0 Å². The van der Waals surface area contributed by atoms with Crippen molar-refractivity contribution in [1.82, 2.24) is 15.1 Å². The molecule has 0 radical (unpaired) electrons. The molecule has 2 aromatic rings. The number of aryl methyl sites for hydroxylation is 1. The van der Waals surface area contributed by atoms with Gasteiger partial charge in [0.25, 0.3) is 0 Å². The quantitative estimate of drug-likeness (QED) is 0.912. The molecule has 0 saturated carbocycles. The zero-order valence-corrected chi connectivity index (χ0v) is 10.9. The van der Waals surface area contributed by atoms with Gasteiger partial charge >= 0.3 is 0 Å². The van der Waals surface area contributed by atoms with Crippen LogP contribution in [0.2, 0.25) is 5.15 Å². The SMILES string of the molecule is Cc1cc(CS(=O)(=O)Nc2nccnc2Cl)no1. The third kappa shape index (κ3) is 3.17. The minimum Gasteiger partial charge on any atom is -0.361 e. The average molecular weight is 289 g/mol. The van der Waals surface area contributed by atoms with E-state index >= 15 is 0 Å². The van der Waals surface area contributed by atoms with Crippen LogP contribution in [-0.4, -0.2) is 23.5 Å². The maximum Gasteiger partial charge on any atom is 0.239 e. The topological polar surface area (TPSA) is 98.0 Å². The molecule has 96 valence electrons. The molecule has 0 amide bonds. The summed E-state index contributed by atoms with van der Waals surface area (Å²) in [6.45, 7) is 1.68. The minimum absolute atomic E-state index is 0.0145. The molecule has 0 spiro atoms. The van der Waals surface area contributed by atoms with Crippen molar-refractivity contribution in [3.05, 3.63) is 35.1 Å². The second-order valence-electron chi connectivity index (χ2n) is 3.49. The van der Waals surface area contributed by atoms with Gasteiger partial charge in [0.2, 0.25) is 10.0 Å². The van der Waals surface area contributed by atoms with E-state index in [-0.39, 0.29) is 16.7 Å². The van der Waals surface area contributed by atoms with Crippen LogP contribution in [0.25, 0.3) is 0 Å². The van der Waals surface area contributed by atoms with Gasteiger partial charge in [-0.25, -0.2) is 18.4 Å². The van der Waals surface area contributed by atoms with Crippen LogP contribution in [0.4, 0.5) is 5.82 Å². The van der Waals surface area contributed by atoms with Gasteiger partial charge in [-0.2, -0.15) is 0 Å². The second kappa shape index (κ2) is 4.91. The third-order valence-electron chi connectivity index (χ3n) is 1.92. The van der Waals surface area contributed by atoms with Crippen LogP contribution < -0.4 is 4.72 Å². The highest BCUT2D eigenvalue weighted by Crippen LogP contribution is 2.17. The number of aromatic nitrogens is 3. The summed E-state index contributed by atoms with van der Waals surface area (Å²) in [5.74, 6) is 0.203. The van der Waals surface area contributed by atoms with E-state index in [0.29, 0.717) is 11.5 Å². The van der Waals surface area contributed by atoms with E-state index in [0.717, 1.165) is 0 Å². The van der Waals surface area contributed by atoms with E-state index in [1.807, 2.05) is 0 Å². The Labute approximate surface area is 108 Å². The van der Waals surface area contributed by atoms with Gasteiger partial charge in [-0.15, -0.1) is 0 Å². The standard InChI is InChI=1S/C9H9ClN4O3S/c1-6-4-7(13-17-6)5-18(15,16)14-9-8(10)11-2-3-12-9/h2-4H,5H2,1H3,(H,12,14). The monoisotopic (exact) mass is 288 g/mol. The summed E-state index contributed by atoms with van der Waals surface area (Å²) in [4.78, 5) is 7.50. The molecule has 9 heteroatoms. The molecule has 0 saturated heterocycles. The highest BCUT2D eigenvalue weighted by molar-refractivity contribution is 7.91. The van der Waals surface area contributed by atoms with Crippen LogP contribution >= 0.6 is 11.6 Å². The van der Waals surface area contributed by atoms with Crippen LogP contribution in [0.3, 0.4) is 0 Å². The summed E-state index contributed by atoms with van der Waals surface area (Å²) < 4.78 is 30.6. The van der Waals surface area contributed by atoms with Crippen molar-refractivity contribution in [2.75, 3.05) is 4.72 Å². The number of halogens is 1. The Bertz CT molecular complexity index is 655. The smallest absolute Gasteiger partial charge is 0.239 e. The van der Waals surface area contributed by atoms with Crippen molar-refractivity contribution in [2.24, 2.45) is 0 Å². The van der Waals surface area contributed by atoms with Crippen LogP contribution in [0.1, 0.15) is 11.5 Å². The molecule has 7 nitrogen and oxygen atoms in total. The fourth-order valence-electron chi connectivity index (χ4n) is 1.25. The fraction of sp³-hybridized carbons (Fsp3) is 0.222. The lowest BCUT2D eigenvalue weighted by atomic mass is 10.4. The molecule has 0 fully saturated rings. The van der Waals surface area contributed by atoms with Gasteiger partial charge < -0.3 is 4.52 Å². The number of anilines is 1. The highest BCUT2D eigenvalue weighted by Gasteiger charge is 2.17. The molecule has 1 N–H and O–H groups in total. The zero-order valence-electron chi connectivity index (χ0n) is 9.29. The van der Waals surface area contributed by atoms with E-state index in [1.165, 1.54) is 18.5 Å². The number of hydrogen-bond donors (Lipinski definition) is 1. The van der Waals surface area contributed by atoms with Crippen molar-refractivity contribution in [3.63, 3.8) is 0 Å². The van der Waals surface area contributed by atoms with E-state index in [2.05, 4.69) is 19.8 Å². The van der Waals surface area contributed by atoms with Gasteiger partial charge in [0.1, 0.15) is 17.2 Å². The van der Waals surface area contributed by atoms with E-state index in [9.17, 15) is 8.42 Å². The Morgan fingerprint density at radius 3 is 2.72 bits per heavy atom. The van der Waals surface area contributed by atoms with E-state index in [4.69, 9.17) is 16.1 Å². The Hall–Kier alpha value is -1.67. The molecule has 0 aromatic carbocycles. The molecule has 2 aromatic heterocycles. The maximum absolute atomic E-state index is 11.8. The van der Waals surface area contributed by atoms with Gasteiger partial charge in [0, 0.05) is 18.5 Å². The number of sulfonamides is 1. The molecule has 18 heavy (non-hydrogen) atoms. The first-order valence-corrected chi connectivity index (χ1v) is 6.88. The zero-order chi connectivity index (χ0) is 13.2. The van der Waals surface area contributed by atoms with Gasteiger partial charge in [0.15, 0.2) is 11.0 Å². The lowest BCUT2D eigenvalue weighted by Gasteiger charge is -2.05. The molecular weight excluding hydrogens is 280 g/mol. The first-order chi connectivity index (χ1) is 8.46. The largest absolute Gasteiger partial charge is 0.361 e. The molecule has 0 aliphatic heterocycles. The molecule has 2 heterocycles. The number of nitrogens with zero attached hydrogens (tertiary/aromatic N) is 3. The van der Waals surface area contributed by atoms with Crippen molar-refractivity contribution in [1.29, 1.82) is 0 Å². The normalized spacial score (nSPS) is 11.4. The molecule has 0 unspecified atom stereocenters. The first kappa shape index (κ1) is 12.8. The molecule has 0 atom stereocenters. The minimum atomic E-state index is -3.66. The van der Waals surface area contributed by atoms with Gasteiger partial charge in [-0.1, -0.05) is 16.8 Å². The number of rotatable bonds is 4. The fourth-order valence-corrected chi connectivity index (χ4v) is 2.50. The molecule has 0 aliphatic carbocycles. The van der Waals surface area contributed by atoms with Gasteiger partial charge in [0.05, 0.1) is 0 Å². The number of hydrogen-bond acceptors (Lipinski definition) is 6. The summed E-state index contributed by atoms with van der Waals surface area (Å²) in [5, 5.41) is 3.59.